The van der Waals surface area contributed by atoms with Crippen LogP contribution in [0.5, 0.6) is 0 Å². The van der Waals surface area contributed by atoms with Gasteiger partial charge in [-0.1, -0.05) is 107 Å². The molecule has 0 bridgehead atoms. The molecule has 0 fully saturated rings. The van der Waals surface area contributed by atoms with Crippen LogP contribution in [-0.2, 0) is 16.1 Å². The number of allylic oxidation sites excluding steroid dienone is 3. The zero-order valence-corrected chi connectivity index (χ0v) is 26.8. The van der Waals surface area contributed by atoms with Gasteiger partial charge in [-0.2, -0.15) is 0 Å². The predicted molar refractivity (Wildman–Crippen MR) is 184 cm³/mol. The Morgan fingerprint density at radius 3 is 2.30 bits per heavy atom. The molecule has 0 aliphatic carbocycles. The minimum atomic E-state index is -0.335. The number of ether oxygens (including phenoxy) is 1. The van der Waals surface area contributed by atoms with Crippen LogP contribution >= 0.6 is 0 Å². The SMILES string of the molecule is C=C/C=C(C(=O)OCCCC)\C(=C/C)c1ccc(Cn2ccc3cc(C(=O)NC(CC)c4ccccc4)ccc32)cc1.CC. The number of unbranched alkanes of at least 4 members (excludes halogenated alkanes) is 1. The highest BCUT2D eigenvalue weighted by molar-refractivity contribution is 6.06. The third-order valence-electron chi connectivity index (χ3n) is 7.38. The maximum atomic E-state index is 13.1. The third kappa shape index (κ3) is 8.70. The molecule has 0 saturated heterocycles. The molecule has 1 amide bonds. The number of rotatable bonds is 13. The summed E-state index contributed by atoms with van der Waals surface area (Å²) in [5.41, 5.74) is 6.20. The van der Waals surface area contributed by atoms with Gasteiger partial charge in [0.1, 0.15) is 0 Å². The van der Waals surface area contributed by atoms with Crippen LogP contribution in [-0.4, -0.2) is 23.1 Å². The van der Waals surface area contributed by atoms with Gasteiger partial charge in [0, 0.05) is 29.2 Å². The van der Waals surface area contributed by atoms with Crippen LogP contribution in [0.15, 0.2) is 115 Å². The molecule has 0 radical (unpaired) electrons. The van der Waals surface area contributed by atoms with Gasteiger partial charge in [0.2, 0.25) is 0 Å². The minimum Gasteiger partial charge on any atom is -0.462 e. The number of esters is 1. The van der Waals surface area contributed by atoms with Crippen molar-refractivity contribution in [2.45, 2.75) is 66.5 Å². The average Bonchev–Trinajstić information content (AvgIpc) is 3.47. The lowest BCUT2D eigenvalue weighted by Crippen LogP contribution is -2.28. The number of fused-ring (bicyclic) bond motifs is 1. The summed E-state index contributed by atoms with van der Waals surface area (Å²) in [6, 6.07) is 26.2. The standard InChI is InChI=1S/C37H40N2O3.C2H6/c1-5-9-24-42-37(41)33(13-6-2)32(7-3)28-18-16-27(17-19-28)26-39-23-22-30-25-31(20-21-35(30)39)36(40)38-34(8-4)29-14-11-10-12-15-29;1-2/h6-7,10-23,25,34H,2,5,8-9,24,26H2,1,3-4H3,(H,38,40);1-2H3/b32-7-,33-13+;. The Morgan fingerprint density at radius 1 is 0.955 bits per heavy atom. The van der Waals surface area contributed by atoms with E-state index >= 15 is 0 Å². The Balaban J connectivity index is 0.00000259. The Labute approximate surface area is 263 Å². The third-order valence-corrected chi connectivity index (χ3v) is 7.38. The lowest BCUT2D eigenvalue weighted by atomic mass is 9.96. The van der Waals surface area contributed by atoms with Crippen molar-refractivity contribution < 1.29 is 14.3 Å². The molecule has 1 N–H and O–H groups in total. The maximum absolute atomic E-state index is 13.1. The lowest BCUT2D eigenvalue weighted by Gasteiger charge is -2.17. The summed E-state index contributed by atoms with van der Waals surface area (Å²) >= 11 is 0. The van der Waals surface area contributed by atoms with Crippen LogP contribution in [0.2, 0.25) is 0 Å². The molecule has 1 heterocycles. The van der Waals surface area contributed by atoms with E-state index in [1.807, 2.05) is 99.8 Å². The monoisotopic (exact) mass is 590 g/mol. The molecule has 0 aliphatic rings. The van der Waals surface area contributed by atoms with E-state index in [1.165, 1.54) is 0 Å². The fraction of sp³-hybridized carbons (Fsp3) is 0.282. The first-order chi connectivity index (χ1) is 21.5. The number of nitrogens with one attached hydrogen (secondary N) is 1. The van der Waals surface area contributed by atoms with Crippen molar-refractivity contribution in [3.05, 3.63) is 138 Å². The number of aromatic nitrogens is 1. The summed E-state index contributed by atoms with van der Waals surface area (Å²) < 4.78 is 7.66. The lowest BCUT2D eigenvalue weighted by molar-refractivity contribution is -0.138. The highest BCUT2D eigenvalue weighted by Gasteiger charge is 2.17. The van der Waals surface area contributed by atoms with Gasteiger partial charge < -0.3 is 14.6 Å². The van der Waals surface area contributed by atoms with Crippen LogP contribution in [0.4, 0.5) is 0 Å². The van der Waals surface area contributed by atoms with E-state index in [0.717, 1.165) is 52.4 Å². The van der Waals surface area contributed by atoms with Crippen LogP contribution in [0.1, 0.15) is 87.0 Å². The van der Waals surface area contributed by atoms with Crippen molar-refractivity contribution in [1.82, 2.24) is 9.88 Å². The quantitative estimate of drug-likeness (QED) is 0.0730. The smallest absolute Gasteiger partial charge is 0.338 e. The summed E-state index contributed by atoms with van der Waals surface area (Å²) in [6.45, 7) is 14.9. The van der Waals surface area contributed by atoms with Crippen LogP contribution in [0.3, 0.4) is 0 Å². The summed E-state index contributed by atoms with van der Waals surface area (Å²) in [4.78, 5) is 25.9. The molecule has 0 saturated carbocycles. The van der Waals surface area contributed by atoms with E-state index in [9.17, 15) is 9.59 Å². The Bertz CT molecular complexity index is 1580. The summed E-state index contributed by atoms with van der Waals surface area (Å²) in [5.74, 6) is -0.410. The number of carbonyl (C=O) groups is 2. The number of nitrogens with zero attached hydrogens (tertiary/aromatic N) is 1. The van der Waals surface area contributed by atoms with Gasteiger partial charge in [-0.25, -0.2) is 4.79 Å². The van der Waals surface area contributed by atoms with Gasteiger partial charge in [0.05, 0.1) is 18.2 Å². The number of carbonyl (C=O) groups excluding carboxylic acids is 2. The topological polar surface area (TPSA) is 60.3 Å². The second-order valence-corrected chi connectivity index (χ2v) is 10.3. The van der Waals surface area contributed by atoms with Gasteiger partial charge in [0.15, 0.2) is 0 Å². The average molecular weight is 591 g/mol. The molecule has 230 valence electrons. The molecule has 1 unspecified atom stereocenters. The highest BCUT2D eigenvalue weighted by atomic mass is 16.5. The van der Waals surface area contributed by atoms with E-state index in [-0.39, 0.29) is 17.9 Å². The predicted octanol–water partition coefficient (Wildman–Crippen LogP) is 9.46. The molecule has 4 rings (SSSR count). The van der Waals surface area contributed by atoms with Gasteiger partial charge >= 0.3 is 5.97 Å². The number of benzene rings is 3. The highest BCUT2D eigenvalue weighted by Crippen LogP contribution is 2.26. The van der Waals surface area contributed by atoms with Gasteiger partial charge in [-0.15, -0.1) is 0 Å². The zero-order valence-electron chi connectivity index (χ0n) is 26.8. The van der Waals surface area contributed by atoms with Crippen molar-refractivity contribution in [1.29, 1.82) is 0 Å². The van der Waals surface area contributed by atoms with Crippen LogP contribution < -0.4 is 5.32 Å². The van der Waals surface area contributed by atoms with E-state index in [4.69, 9.17) is 4.74 Å². The molecular formula is C39H46N2O3. The fourth-order valence-electron chi connectivity index (χ4n) is 5.06. The summed E-state index contributed by atoms with van der Waals surface area (Å²) in [7, 11) is 0. The van der Waals surface area contributed by atoms with Gasteiger partial charge in [-0.05, 0) is 72.4 Å². The molecule has 44 heavy (non-hydrogen) atoms. The first-order valence-electron chi connectivity index (χ1n) is 15.7. The number of amides is 1. The normalized spacial score (nSPS) is 12.2. The molecule has 0 spiro atoms. The van der Waals surface area contributed by atoms with Crippen LogP contribution in [0.25, 0.3) is 16.5 Å². The first-order valence-corrected chi connectivity index (χ1v) is 15.7. The molecule has 5 nitrogen and oxygen atoms in total. The van der Waals surface area contributed by atoms with Crippen molar-refractivity contribution in [3.8, 4) is 0 Å². The summed E-state index contributed by atoms with van der Waals surface area (Å²) in [5, 5.41) is 4.19. The molecular weight excluding hydrogens is 544 g/mol. The fourth-order valence-corrected chi connectivity index (χ4v) is 5.06. The first kappa shape index (κ1) is 33.9. The Morgan fingerprint density at radius 2 is 1.66 bits per heavy atom. The largest absolute Gasteiger partial charge is 0.462 e. The van der Waals surface area contributed by atoms with E-state index in [0.29, 0.717) is 24.3 Å². The minimum absolute atomic E-state index is 0.0277. The second-order valence-electron chi connectivity index (χ2n) is 10.3. The Kier molecular flexibility index (Phi) is 13.4. The zero-order chi connectivity index (χ0) is 31.9. The Hall–Kier alpha value is -4.64. The van der Waals surface area contributed by atoms with Gasteiger partial charge in [0.25, 0.3) is 5.91 Å². The van der Waals surface area contributed by atoms with Crippen molar-refractivity contribution in [3.63, 3.8) is 0 Å². The van der Waals surface area contributed by atoms with E-state index in [1.54, 1.807) is 12.2 Å². The molecule has 3 aromatic carbocycles. The maximum Gasteiger partial charge on any atom is 0.338 e. The van der Waals surface area contributed by atoms with Crippen molar-refractivity contribution in [2.75, 3.05) is 6.61 Å². The van der Waals surface area contributed by atoms with Crippen molar-refractivity contribution >= 4 is 28.4 Å². The summed E-state index contributed by atoms with van der Waals surface area (Å²) in [6.07, 6.45) is 9.93. The molecule has 1 aromatic heterocycles. The molecule has 4 aromatic rings. The van der Waals surface area contributed by atoms with Crippen molar-refractivity contribution in [2.24, 2.45) is 0 Å². The van der Waals surface area contributed by atoms with E-state index < -0.39 is 0 Å². The molecule has 1 atom stereocenters. The van der Waals surface area contributed by atoms with E-state index in [2.05, 4.69) is 42.4 Å². The second kappa shape index (κ2) is 17.5. The van der Waals surface area contributed by atoms with Crippen LogP contribution in [0, 0.1) is 0 Å². The number of hydrogen-bond donors (Lipinski definition) is 1. The molecule has 5 heteroatoms. The molecule has 0 aliphatic heterocycles. The van der Waals surface area contributed by atoms with Gasteiger partial charge in [-0.3, -0.25) is 4.79 Å². The number of hydrogen-bond acceptors (Lipinski definition) is 3.